The maximum absolute atomic E-state index is 9.96. The minimum atomic E-state index is -0.691. The summed E-state index contributed by atoms with van der Waals surface area (Å²) in [6.45, 7) is 0. The van der Waals surface area contributed by atoms with Crippen molar-refractivity contribution in [3.63, 3.8) is 0 Å². The molecule has 0 heterocycles. The van der Waals surface area contributed by atoms with Crippen molar-refractivity contribution >= 4 is 0 Å². The van der Waals surface area contributed by atoms with Gasteiger partial charge in [-0.25, -0.2) is 0 Å². The second-order valence-electron chi connectivity index (χ2n) is 5.22. The molecule has 1 aromatic carbocycles. The van der Waals surface area contributed by atoms with Crippen LogP contribution in [0.5, 0.6) is 11.5 Å². The Kier molecular flexibility index (Phi) is 4.63. The van der Waals surface area contributed by atoms with Crippen molar-refractivity contribution in [2.24, 2.45) is 0 Å². The smallest absolute Gasteiger partial charge is 0.157 e. The lowest BCUT2D eigenvalue weighted by atomic mass is 9.93. The number of hydrogen-bond acceptors (Lipinski definition) is 5. The van der Waals surface area contributed by atoms with Crippen LogP contribution in [0.3, 0.4) is 0 Å². The Labute approximate surface area is 112 Å². The number of phenols is 2. The molecule has 1 atom stereocenters. The van der Waals surface area contributed by atoms with Gasteiger partial charge in [0.15, 0.2) is 11.5 Å². The van der Waals surface area contributed by atoms with Gasteiger partial charge in [-0.15, -0.1) is 0 Å². The second-order valence-corrected chi connectivity index (χ2v) is 5.22. The summed E-state index contributed by atoms with van der Waals surface area (Å²) >= 11 is 0. The molecule has 1 unspecified atom stereocenters. The Morgan fingerprint density at radius 2 is 1.79 bits per heavy atom. The molecule has 0 spiro atoms. The largest absolute Gasteiger partial charge is 0.504 e. The zero-order chi connectivity index (χ0) is 13.8. The van der Waals surface area contributed by atoms with Crippen LogP contribution in [-0.2, 0) is 6.42 Å². The summed E-state index contributed by atoms with van der Waals surface area (Å²) in [5, 5.41) is 41.1. The fourth-order valence-corrected chi connectivity index (χ4v) is 2.49. The minimum absolute atomic E-state index is 0.160. The van der Waals surface area contributed by atoms with E-state index in [1.807, 2.05) is 0 Å². The number of hydrogen-bond donors (Lipinski definition) is 5. The van der Waals surface area contributed by atoms with Gasteiger partial charge >= 0.3 is 0 Å². The monoisotopic (exact) mass is 267 g/mol. The van der Waals surface area contributed by atoms with Crippen LogP contribution in [0.15, 0.2) is 18.2 Å². The van der Waals surface area contributed by atoms with Crippen LogP contribution in [0.1, 0.15) is 31.2 Å². The highest BCUT2D eigenvalue weighted by atomic mass is 16.3. The quantitative estimate of drug-likeness (QED) is 0.412. The molecule has 0 radical (unpaired) electrons. The number of aliphatic hydroxyl groups is 2. The fraction of sp³-hybridized carbons (Fsp3) is 0.571. The maximum Gasteiger partial charge on any atom is 0.157 e. The average Bonchev–Trinajstić information content (AvgIpc) is 2.37. The molecule has 0 saturated heterocycles. The molecule has 5 N–H and O–H groups in total. The van der Waals surface area contributed by atoms with Gasteiger partial charge < -0.3 is 20.4 Å². The molecule has 2 rings (SSSR count). The molecule has 0 aliphatic heterocycles. The normalized spacial score (nSPS) is 25.2. The fourth-order valence-electron chi connectivity index (χ4n) is 2.49. The molecule has 1 saturated carbocycles. The molecule has 0 aromatic heterocycles. The van der Waals surface area contributed by atoms with Gasteiger partial charge in [0.25, 0.3) is 0 Å². The Hall–Kier alpha value is -1.30. The van der Waals surface area contributed by atoms with Crippen molar-refractivity contribution in [3.8, 4) is 11.5 Å². The van der Waals surface area contributed by atoms with E-state index in [-0.39, 0.29) is 23.6 Å². The molecular weight excluding hydrogens is 246 g/mol. The molecule has 5 nitrogen and oxygen atoms in total. The third kappa shape index (κ3) is 4.09. The summed E-state index contributed by atoms with van der Waals surface area (Å²) in [5.41, 5.74) is 0.756. The van der Waals surface area contributed by atoms with Crippen molar-refractivity contribution in [2.45, 2.75) is 50.5 Å². The van der Waals surface area contributed by atoms with Gasteiger partial charge in [-0.2, -0.15) is 0 Å². The highest BCUT2D eigenvalue weighted by Crippen LogP contribution is 2.25. The van der Waals surface area contributed by atoms with Crippen molar-refractivity contribution in [1.82, 2.24) is 5.32 Å². The van der Waals surface area contributed by atoms with E-state index in [2.05, 4.69) is 5.32 Å². The zero-order valence-electron chi connectivity index (χ0n) is 10.8. The van der Waals surface area contributed by atoms with E-state index in [0.29, 0.717) is 6.42 Å². The lowest BCUT2D eigenvalue weighted by molar-refractivity contribution is 0.0794. The summed E-state index contributed by atoms with van der Waals surface area (Å²) in [5.74, 6) is -0.335. The van der Waals surface area contributed by atoms with Crippen LogP contribution >= 0.6 is 0 Å². The topological polar surface area (TPSA) is 93.0 Å². The first-order valence-corrected chi connectivity index (χ1v) is 6.67. The van der Waals surface area contributed by atoms with Gasteiger partial charge in [0.2, 0.25) is 0 Å². The van der Waals surface area contributed by atoms with Crippen molar-refractivity contribution in [2.75, 3.05) is 0 Å². The Morgan fingerprint density at radius 1 is 1.11 bits per heavy atom. The minimum Gasteiger partial charge on any atom is -0.504 e. The summed E-state index contributed by atoms with van der Waals surface area (Å²) < 4.78 is 0. The van der Waals surface area contributed by atoms with Gasteiger partial charge in [-0.3, -0.25) is 5.32 Å². The SMILES string of the molecule is Oc1ccc(CC(O)NC2CCC(O)CC2)cc1O. The summed E-state index contributed by atoms with van der Waals surface area (Å²) in [6.07, 6.45) is 2.73. The van der Waals surface area contributed by atoms with Crippen LogP contribution in [0.4, 0.5) is 0 Å². The van der Waals surface area contributed by atoms with Crippen LogP contribution < -0.4 is 5.32 Å². The molecule has 0 amide bonds. The molecule has 5 heteroatoms. The number of aromatic hydroxyl groups is 2. The van der Waals surface area contributed by atoms with Crippen molar-refractivity contribution in [1.29, 1.82) is 0 Å². The summed E-state index contributed by atoms with van der Waals surface area (Å²) in [7, 11) is 0. The van der Waals surface area contributed by atoms with E-state index < -0.39 is 6.23 Å². The van der Waals surface area contributed by atoms with E-state index >= 15 is 0 Å². The van der Waals surface area contributed by atoms with Crippen LogP contribution in [0.25, 0.3) is 0 Å². The predicted molar refractivity (Wildman–Crippen MR) is 70.9 cm³/mol. The third-order valence-electron chi connectivity index (χ3n) is 3.59. The Morgan fingerprint density at radius 3 is 2.42 bits per heavy atom. The number of nitrogens with one attached hydrogen (secondary N) is 1. The molecule has 1 aliphatic rings. The van der Waals surface area contributed by atoms with E-state index in [1.54, 1.807) is 6.07 Å². The Bertz CT molecular complexity index is 416. The molecule has 1 fully saturated rings. The van der Waals surface area contributed by atoms with Crippen LogP contribution in [0.2, 0.25) is 0 Å². The molecule has 1 aliphatic carbocycles. The first-order chi connectivity index (χ1) is 9.04. The second kappa shape index (κ2) is 6.23. The lowest BCUT2D eigenvalue weighted by Crippen LogP contribution is -2.42. The van der Waals surface area contributed by atoms with Crippen molar-refractivity contribution < 1.29 is 20.4 Å². The lowest BCUT2D eigenvalue weighted by Gasteiger charge is -2.28. The van der Waals surface area contributed by atoms with Gasteiger partial charge in [-0.05, 0) is 43.4 Å². The third-order valence-corrected chi connectivity index (χ3v) is 3.59. The van der Waals surface area contributed by atoms with Crippen molar-refractivity contribution in [3.05, 3.63) is 23.8 Å². The summed E-state index contributed by atoms with van der Waals surface area (Å²) in [4.78, 5) is 0. The molecule has 19 heavy (non-hydrogen) atoms. The van der Waals surface area contributed by atoms with Crippen LogP contribution in [0, 0.1) is 0 Å². The first kappa shape index (κ1) is 14.1. The van der Waals surface area contributed by atoms with Gasteiger partial charge in [0, 0.05) is 12.5 Å². The predicted octanol–water partition coefficient (Wildman–Crippen LogP) is 0.852. The number of aliphatic hydroxyl groups excluding tert-OH is 2. The first-order valence-electron chi connectivity index (χ1n) is 6.67. The van der Waals surface area contributed by atoms with Crippen LogP contribution in [-0.4, -0.2) is 38.8 Å². The van der Waals surface area contributed by atoms with E-state index in [9.17, 15) is 20.4 Å². The number of rotatable bonds is 4. The highest BCUT2D eigenvalue weighted by molar-refractivity contribution is 5.40. The zero-order valence-corrected chi connectivity index (χ0v) is 10.8. The van der Waals surface area contributed by atoms with E-state index in [1.165, 1.54) is 12.1 Å². The van der Waals surface area contributed by atoms with Gasteiger partial charge in [0.05, 0.1) is 6.10 Å². The molecular formula is C14H21NO4. The molecule has 106 valence electrons. The van der Waals surface area contributed by atoms with E-state index in [0.717, 1.165) is 31.2 Å². The Balaban J connectivity index is 1.83. The van der Waals surface area contributed by atoms with E-state index in [4.69, 9.17) is 0 Å². The molecule has 1 aromatic rings. The highest BCUT2D eigenvalue weighted by Gasteiger charge is 2.21. The standard InChI is InChI=1S/C14H21NO4/c16-11-4-2-10(3-5-11)15-14(19)8-9-1-6-12(17)13(18)7-9/h1,6-7,10-11,14-19H,2-5,8H2. The average molecular weight is 267 g/mol. The molecule has 0 bridgehead atoms. The summed E-state index contributed by atoms with van der Waals surface area (Å²) in [6, 6.07) is 4.76. The number of benzene rings is 1. The number of phenolic OH excluding ortho intramolecular Hbond substituents is 2. The van der Waals surface area contributed by atoms with Gasteiger partial charge in [0.1, 0.15) is 6.23 Å². The van der Waals surface area contributed by atoms with Gasteiger partial charge in [-0.1, -0.05) is 6.07 Å². The maximum atomic E-state index is 9.96.